The third-order valence-corrected chi connectivity index (χ3v) is 3.75. The molecule has 1 aliphatic rings. The van der Waals surface area contributed by atoms with Gasteiger partial charge in [-0.25, -0.2) is 4.98 Å². The third kappa shape index (κ3) is 3.90. The molecule has 0 saturated carbocycles. The largest absolute Gasteiger partial charge is 0.366 e. The first-order valence-corrected chi connectivity index (χ1v) is 7.62. The minimum absolute atomic E-state index is 0.749. The van der Waals surface area contributed by atoms with Crippen LogP contribution in [-0.2, 0) is 6.54 Å². The molecule has 5 heteroatoms. The molecular formula is C16H21N5. The van der Waals surface area contributed by atoms with Crippen LogP contribution in [0.2, 0.25) is 0 Å². The van der Waals surface area contributed by atoms with E-state index in [9.17, 15) is 0 Å². The maximum Gasteiger partial charge on any atom is 0.227 e. The van der Waals surface area contributed by atoms with Crippen LogP contribution in [0, 0.1) is 0 Å². The van der Waals surface area contributed by atoms with Crippen LogP contribution in [0.25, 0.3) is 0 Å². The number of aromatic nitrogens is 3. The van der Waals surface area contributed by atoms with E-state index in [0.717, 1.165) is 31.4 Å². The molecule has 0 radical (unpaired) electrons. The molecule has 3 rings (SSSR count). The Morgan fingerprint density at radius 2 is 1.71 bits per heavy atom. The average Bonchev–Trinajstić information content (AvgIpc) is 2.83. The van der Waals surface area contributed by atoms with Crippen LogP contribution in [0.5, 0.6) is 0 Å². The van der Waals surface area contributed by atoms with Gasteiger partial charge in [-0.3, -0.25) is 4.98 Å². The summed E-state index contributed by atoms with van der Waals surface area (Å²) in [5.41, 5.74) is 1.19. The maximum absolute atomic E-state index is 4.64. The normalized spacial score (nSPS) is 15.5. The molecule has 0 amide bonds. The van der Waals surface area contributed by atoms with Gasteiger partial charge in [0.05, 0.1) is 0 Å². The van der Waals surface area contributed by atoms with Crippen molar-refractivity contribution in [2.75, 3.05) is 23.3 Å². The molecule has 1 aliphatic heterocycles. The number of pyridine rings is 1. The van der Waals surface area contributed by atoms with Crippen molar-refractivity contribution in [2.45, 2.75) is 32.2 Å². The Morgan fingerprint density at radius 3 is 2.48 bits per heavy atom. The molecule has 2 aromatic heterocycles. The zero-order chi connectivity index (χ0) is 14.3. The van der Waals surface area contributed by atoms with Crippen molar-refractivity contribution in [3.05, 3.63) is 42.4 Å². The number of rotatable bonds is 4. The summed E-state index contributed by atoms with van der Waals surface area (Å²) in [4.78, 5) is 15.4. The van der Waals surface area contributed by atoms with Gasteiger partial charge < -0.3 is 10.2 Å². The molecule has 1 saturated heterocycles. The number of nitrogens with zero attached hydrogens (tertiary/aromatic N) is 4. The van der Waals surface area contributed by atoms with Crippen molar-refractivity contribution >= 4 is 11.8 Å². The molecule has 0 unspecified atom stereocenters. The second-order valence-corrected chi connectivity index (χ2v) is 5.35. The minimum atomic E-state index is 0.749. The Labute approximate surface area is 125 Å². The van der Waals surface area contributed by atoms with Gasteiger partial charge in [0.15, 0.2) is 0 Å². The number of nitrogens with one attached hydrogen (secondary N) is 1. The predicted octanol–water partition coefficient (Wildman–Crippen LogP) is 2.86. The lowest BCUT2D eigenvalue weighted by Gasteiger charge is -2.20. The summed E-state index contributed by atoms with van der Waals surface area (Å²) in [6, 6.07) is 5.93. The highest BCUT2D eigenvalue weighted by Crippen LogP contribution is 2.17. The molecule has 1 N–H and O–H groups in total. The SMILES string of the molecule is c1cc(CNc2ccnc(N3CCCCCC3)n2)ccn1. The highest BCUT2D eigenvalue weighted by molar-refractivity contribution is 5.41. The van der Waals surface area contributed by atoms with Crippen LogP contribution >= 0.6 is 0 Å². The topological polar surface area (TPSA) is 53.9 Å². The van der Waals surface area contributed by atoms with E-state index in [2.05, 4.69) is 25.2 Å². The van der Waals surface area contributed by atoms with Crippen LogP contribution in [0.4, 0.5) is 11.8 Å². The lowest BCUT2D eigenvalue weighted by molar-refractivity contribution is 0.726. The van der Waals surface area contributed by atoms with Crippen LogP contribution in [0.3, 0.4) is 0 Å². The quantitative estimate of drug-likeness (QED) is 0.935. The summed E-state index contributed by atoms with van der Waals surface area (Å²) >= 11 is 0. The zero-order valence-electron chi connectivity index (χ0n) is 12.2. The number of hydrogen-bond donors (Lipinski definition) is 1. The highest BCUT2D eigenvalue weighted by atomic mass is 15.3. The molecule has 0 bridgehead atoms. The minimum Gasteiger partial charge on any atom is -0.366 e. The summed E-state index contributed by atoms with van der Waals surface area (Å²) in [6.45, 7) is 2.88. The van der Waals surface area contributed by atoms with Gasteiger partial charge in [0.25, 0.3) is 0 Å². The standard InChI is InChI=1S/C16H21N5/c1-2-4-12-21(11-3-1)16-18-10-7-15(20-16)19-13-14-5-8-17-9-6-14/h5-10H,1-4,11-13H2,(H,18,19,20). The van der Waals surface area contributed by atoms with E-state index < -0.39 is 0 Å². The second kappa shape index (κ2) is 7.02. The van der Waals surface area contributed by atoms with Crippen LogP contribution in [0.1, 0.15) is 31.2 Å². The first kappa shape index (κ1) is 13.8. The lowest BCUT2D eigenvalue weighted by atomic mass is 10.2. The van der Waals surface area contributed by atoms with Crippen molar-refractivity contribution in [1.29, 1.82) is 0 Å². The molecular weight excluding hydrogens is 262 g/mol. The zero-order valence-corrected chi connectivity index (χ0v) is 12.2. The first-order valence-electron chi connectivity index (χ1n) is 7.62. The van der Waals surface area contributed by atoms with Crippen molar-refractivity contribution in [2.24, 2.45) is 0 Å². The molecule has 0 aliphatic carbocycles. The highest BCUT2D eigenvalue weighted by Gasteiger charge is 2.12. The van der Waals surface area contributed by atoms with Gasteiger partial charge in [0, 0.05) is 38.2 Å². The smallest absolute Gasteiger partial charge is 0.227 e. The monoisotopic (exact) mass is 283 g/mol. The van der Waals surface area contributed by atoms with Crippen molar-refractivity contribution in [1.82, 2.24) is 15.0 Å². The maximum atomic E-state index is 4.64. The van der Waals surface area contributed by atoms with Gasteiger partial charge in [-0.15, -0.1) is 0 Å². The predicted molar refractivity (Wildman–Crippen MR) is 84.3 cm³/mol. The van der Waals surface area contributed by atoms with Crippen LogP contribution in [-0.4, -0.2) is 28.0 Å². The van der Waals surface area contributed by atoms with Crippen LogP contribution < -0.4 is 10.2 Å². The molecule has 0 atom stereocenters. The fourth-order valence-corrected chi connectivity index (χ4v) is 2.56. The summed E-state index contributed by atoms with van der Waals surface area (Å²) in [5, 5.41) is 3.35. The summed E-state index contributed by atoms with van der Waals surface area (Å²) in [5.74, 6) is 1.72. The van der Waals surface area contributed by atoms with Gasteiger partial charge >= 0.3 is 0 Å². The Hall–Kier alpha value is -2.17. The third-order valence-electron chi connectivity index (χ3n) is 3.75. The first-order chi connectivity index (χ1) is 10.4. The van der Waals surface area contributed by atoms with E-state index in [1.165, 1.54) is 31.2 Å². The van der Waals surface area contributed by atoms with Crippen molar-refractivity contribution in [3.8, 4) is 0 Å². The number of hydrogen-bond acceptors (Lipinski definition) is 5. The Bertz CT molecular complexity index is 550. The fourth-order valence-electron chi connectivity index (χ4n) is 2.56. The average molecular weight is 283 g/mol. The Morgan fingerprint density at radius 1 is 0.952 bits per heavy atom. The van der Waals surface area contributed by atoms with Gasteiger partial charge in [-0.2, -0.15) is 4.98 Å². The van der Waals surface area contributed by atoms with Gasteiger partial charge in [-0.05, 0) is 36.6 Å². The number of anilines is 2. The molecule has 5 nitrogen and oxygen atoms in total. The summed E-state index contributed by atoms with van der Waals surface area (Å²) in [7, 11) is 0. The van der Waals surface area contributed by atoms with Crippen molar-refractivity contribution in [3.63, 3.8) is 0 Å². The Kier molecular flexibility index (Phi) is 4.61. The van der Waals surface area contributed by atoms with Crippen molar-refractivity contribution < 1.29 is 0 Å². The lowest BCUT2D eigenvalue weighted by Crippen LogP contribution is -2.26. The molecule has 0 spiro atoms. The van der Waals surface area contributed by atoms with Gasteiger partial charge in [0.1, 0.15) is 5.82 Å². The van der Waals surface area contributed by atoms with E-state index in [4.69, 9.17) is 0 Å². The van der Waals surface area contributed by atoms with E-state index >= 15 is 0 Å². The molecule has 2 aromatic rings. The van der Waals surface area contributed by atoms with E-state index in [1.54, 1.807) is 12.4 Å². The summed E-state index contributed by atoms with van der Waals surface area (Å²) < 4.78 is 0. The fraction of sp³-hybridized carbons (Fsp3) is 0.438. The van der Waals surface area contributed by atoms with Crippen LogP contribution in [0.15, 0.2) is 36.8 Å². The molecule has 21 heavy (non-hydrogen) atoms. The molecule has 110 valence electrons. The van der Waals surface area contributed by atoms with Gasteiger partial charge in [-0.1, -0.05) is 12.8 Å². The van der Waals surface area contributed by atoms with E-state index in [1.807, 2.05) is 24.4 Å². The van der Waals surface area contributed by atoms with E-state index in [-0.39, 0.29) is 0 Å². The Balaban J connectivity index is 1.65. The second-order valence-electron chi connectivity index (χ2n) is 5.35. The van der Waals surface area contributed by atoms with Gasteiger partial charge in [0.2, 0.25) is 5.95 Å². The summed E-state index contributed by atoms with van der Waals surface area (Å²) in [6.07, 6.45) is 10.5. The molecule has 3 heterocycles. The molecule has 1 fully saturated rings. The molecule has 0 aromatic carbocycles. The van der Waals surface area contributed by atoms with E-state index in [0.29, 0.717) is 0 Å².